The summed E-state index contributed by atoms with van der Waals surface area (Å²) < 4.78 is 16.0. The quantitative estimate of drug-likeness (QED) is 0.679. The highest BCUT2D eigenvalue weighted by atomic mass is 19.1. The Balaban J connectivity index is 1.77. The van der Waals surface area contributed by atoms with E-state index < -0.39 is 17.9 Å². The molecule has 1 atom stereocenters. The number of carbonyl (C=O) groups excluding carboxylic acids is 1. The smallest absolute Gasteiger partial charge is 0.328 e. The van der Waals surface area contributed by atoms with Gasteiger partial charge in [0, 0.05) is 6.20 Å². The van der Waals surface area contributed by atoms with Crippen molar-refractivity contribution in [3.63, 3.8) is 0 Å². The fraction of sp³-hybridized carbons (Fsp3) is 0.263. The van der Waals surface area contributed by atoms with E-state index in [-0.39, 0.29) is 11.5 Å². The molecule has 0 saturated heterocycles. The number of nitrogens with zero attached hydrogens (tertiary/aromatic N) is 4. The maximum atomic E-state index is 13.1. The lowest BCUT2D eigenvalue weighted by Crippen LogP contribution is -2.18. The average Bonchev–Trinajstić information content (AvgIpc) is 3.24. The van der Waals surface area contributed by atoms with Crippen LogP contribution in [0, 0.1) is 19.7 Å². The largest absolute Gasteiger partial charge is 0.480 e. The molecule has 2 N–H and O–H groups in total. The van der Waals surface area contributed by atoms with Gasteiger partial charge in [0.15, 0.2) is 5.69 Å². The Hall–Kier alpha value is -3.49. The van der Waals surface area contributed by atoms with Crippen LogP contribution in [0.25, 0.3) is 0 Å². The van der Waals surface area contributed by atoms with Crippen molar-refractivity contribution in [3.05, 3.63) is 65.0 Å². The van der Waals surface area contributed by atoms with Crippen LogP contribution >= 0.6 is 0 Å². The molecule has 0 aliphatic heterocycles. The third-order valence-corrected chi connectivity index (χ3v) is 4.46. The number of aliphatic carboxylic acids is 1. The second-order valence-corrected chi connectivity index (χ2v) is 6.48. The SMILES string of the molecule is Cc1nn(Cc2ccc(F)cc2)c(C)c1NC(=O)c1ccn(C(C)C(=O)O)n1. The molecule has 3 aromatic rings. The zero-order valence-electron chi connectivity index (χ0n) is 15.7. The van der Waals surface area contributed by atoms with Crippen molar-refractivity contribution in [2.24, 2.45) is 0 Å². The van der Waals surface area contributed by atoms with E-state index in [0.717, 1.165) is 11.3 Å². The second kappa shape index (κ2) is 7.63. The van der Waals surface area contributed by atoms with E-state index in [1.165, 1.54) is 36.0 Å². The van der Waals surface area contributed by atoms with Crippen LogP contribution in [0.1, 0.15) is 40.4 Å². The summed E-state index contributed by atoms with van der Waals surface area (Å²) in [5, 5.41) is 20.3. The summed E-state index contributed by atoms with van der Waals surface area (Å²) in [4.78, 5) is 23.6. The molecule has 3 rings (SSSR count). The van der Waals surface area contributed by atoms with Gasteiger partial charge in [-0.05, 0) is 44.5 Å². The molecule has 0 aliphatic carbocycles. The molecule has 0 fully saturated rings. The van der Waals surface area contributed by atoms with Crippen LogP contribution in [0.5, 0.6) is 0 Å². The number of aromatic nitrogens is 4. The Kier molecular flexibility index (Phi) is 5.25. The van der Waals surface area contributed by atoms with Crippen molar-refractivity contribution in [2.75, 3.05) is 5.32 Å². The van der Waals surface area contributed by atoms with E-state index in [0.29, 0.717) is 17.9 Å². The first-order valence-electron chi connectivity index (χ1n) is 8.64. The third kappa shape index (κ3) is 3.93. The minimum atomic E-state index is -1.04. The Labute approximate surface area is 160 Å². The number of aryl methyl sites for hydroxylation is 1. The van der Waals surface area contributed by atoms with Gasteiger partial charge in [0.2, 0.25) is 0 Å². The highest BCUT2D eigenvalue weighted by Crippen LogP contribution is 2.21. The zero-order chi connectivity index (χ0) is 20.4. The summed E-state index contributed by atoms with van der Waals surface area (Å²) in [6.07, 6.45) is 1.45. The van der Waals surface area contributed by atoms with E-state index >= 15 is 0 Å². The first-order valence-corrected chi connectivity index (χ1v) is 8.64. The van der Waals surface area contributed by atoms with Gasteiger partial charge in [0.25, 0.3) is 5.91 Å². The number of nitrogens with one attached hydrogen (secondary N) is 1. The maximum Gasteiger partial charge on any atom is 0.328 e. The van der Waals surface area contributed by atoms with Crippen molar-refractivity contribution in [3.8, 4) is 0 Å². The van der Waals surface area contributed by atoms with Crippen LogP contribution in [0.4, 0.5) is 10.1 Å². The Morgan fingerprint density at radius 1 is 1.18 bits per heavy atom. The topological polar surface area (TPSA) is 102 Å². The van der Waals surface area contributed by atoms with Gasteiger partial charge >= 0.3 is 5.97 Å². The van der Waals surface area contributed by atoms with Crippen LogP contribution in [0.2, 0.25) is 0 Å². The molecule has 0 spiro atoms. The van der Waals surface area contributed by atoms with Gasteiger partial charge in [-0.2, -0.15) is 10.2 Å². The molecule has 28 heavy (non-hydrogen) atoms. The molecule has 0 saturated carbocycles. The first kappa shape index (κ1) is 19.3. The molecular formula is C19H20FN5O3. The molecular weight excluding hydrogens is 365 g/mol. The van der Waals surface area contributed by atoms with E-state index in [9.17, 15) is 14.0 Å². The summed E-state index contributed by atoms with van der Waals surface area (Å²) in [5.41, 5.74) is 2.93. The number of carbonyl (C=O) groups is 2. The van der Waals surface area contributed by atoms with Gasteiger partial charge in [-0.3, -0.25) is 14.2 Å². The molecule has 2 aromatic heterocycles. The Bertz CT molecular complexity index is 1020. The zero-order valence-corrected chi connectivity index (χ0v) is 15.7. The van der Waals surface area contributed by atoms with Crippen molar-refractivity contribution >= 4 is 17.6 Å². The molecule has 146 valence electrons. The third-order valence-electron chi connectivity index (χ3n) is 4.46. The number of anilines is 1. The molecule has 1 amide bonds. The van der Waals surface area contributed by atoms with Crippen LogP contribution in [0.3, 0.4) is 0 Å². The minimum Gasteiger partial charge on any atom is -0.480 e. The molecule has 0 radical (unpaired) electrons. The standard InChI is InChI=1S/C19H20FN5O3/c1-11-17(12(2)25(22-11)10-14-4-6-15(20)7-5-14)21-18(26)16-8-9-24(23-16)13(3)19(27)28/h4-9,13H,10H2,1-3H3,(H,21,26)(H,27,28). The highest BCUT2D eigenvalue weighted by Gasteiger charge is 2.19. The summed E-state index contributed by atoms with van der Waals surface area (Å²) in [6, 6.07) is 6.72. The lowest BCUT2D eigenvalue weighted by atomic mass is 10.2. The highest BCUT2D eigenvalue weighted by molar-refractivity contribution is 6.03. The fourth-order valence-corrected chi connectivity index (χ4v) is 2.76. The van der Waals surface area contributed by atoms with Gasteiger partial charge in [-0.15, -0.1) is 0 Å². The number of benzene rings is 1. The van der Waals surface area contributed by atoms with Gasteiger partial charge in [0.1, 0.15) is 11.9 Å². The van der Waals surface area contributed by atoms with Gasteiger partial charge in [-0.25, -0.2) is 9.18 Å². The van der Waals surface area contributed by atoms with Crippen LogP contribution in [-0.4, -0.2) is 36.5 Å². The number of hydrogen-bond acceptors (Lipinski definition) is 4. The molecule has 1 unspecified atom stereocenters. The summed E-state index contributed by atoms with van der Waals surface area (Å²) in [7, 11) is 0. The molecule has 0 bridgehead atoms. The summed E-state index contributed by atoms with van der Waals surface area (Å²) >= 11 is 0. The van der Waals surface area contributed by atoms with E-state index in [1.807, 2.05) is 6.92 Å². The molecule has 2 heterocycles. The number of carboxylic acids is 1. The fourth-order valence-electron chi connectivity index (χ4n) is 2.76. The van der Waals surface area contributed by atoms with Crippen molar-refractivity contribution in [1.29, 1.82) is 0 Å². The summed E-state index contributed by atoms with van der Waals surface area (Å²) in [6.45, 7) is 5.51. The average molecular weight is 385 g/mol. The minimum absolute atomic E-state index is 0.109. The molecule has 1 aromatic carbocycles. The normalized spacial score (nSPS) is 12.0. The maximum absolute atomic E-state index is 13.1. The lowest BCUT2D eigenvalue weighted by molar-refractivity contribution is -0.140. The monoisotopic (exact) mass is 385 g/mol. The Morgan fingerprint density at radius 2 is 1.86 bits per heavy atom. The van der Waals surface area contributed by atoms with Crippen LogP contribution in [0.15, 0.2) is 36.5 Å². The molecule has 0 aliphatic rings. The van der Waals surface area contributed by atoms with Crippen LogP contribution in [-0.2, 0) is 11.3 Å². The number of amides is 1. The van der Waals surface area contributed by atoms with E-state index in [2.05, 4.69) is 15.5 Å². The van der Waals surface area contributed by atoms with Crippen molar-refractivity contribution < 1.29 is 19.1 Å². The van der Waals surface area contributed by atoms with Gasteiger partial charge in [0.05, 0.1) is 23.6 Å². The second-order valence-electron chi connectivity index (χ2n) is 6.48. The Morgan fingerprint density at radius 3 is 2.50 bits per heavy atom. The number of halogens is 1. The first-order chi connectivity index (χ1) is 13.3. The van der Waals surface area contributed by atoms with Gasteiger partial charge in [-0.1, -0.05) is 12.1 Å². The van der Waals surface area contributed by atoms with Crippen molar-refractivity contribution in [1.82, 2.24) is 19.6 Å². The number of rotatable bonds is 6. The predicted molar refractivity (Wildman–Crippen MR) is 99.7 cm³/mol. The van der Waals surface area contributed by atoms with Crippen LogP contribution < -0.4 is 5.32 Å². The van der Waals surface area contributed by atoms with E-state index in [1.54, 1.807) is 23.7 Å². The predicted octanol–water partition coefficient (Wildman–Crippen LogP) is 2.78. The molecule has 8 nitrogen and oxygen atoms in total. The van der Waals surface area contributed by atoms with E-state index in [4.69, 9.17) is 5.11 Å². The van der Waals surface area contributed by atoms with Crippen molar-refractivity contribution in [2.45, 2.75) is 33.4 Å². The number of carboxylic acid groups (broad SMARTS) is 1. The summed E-state index contributed by atoms with van der Waals surface area (Å²) in [5.74, 6) is -1.80. The lowest BCUT2D eigenvalue weighted by Gasteiger charge is -2.07. The van der Waals surface area contributed by atoms with Gasteiger partial charge < -0.3 is 10.4 Å². The molecule has 9 heteroatoms. The number of hydrogen-bond donors (Lipinski definition) is 2.